The fourth-order valence-corrected chi connectivity index (χ4v) is 3.30. The summed E-state index contributed by atoms with van der Waals surface area (Å²) >= 11 is 0. The lowest BCUT2D eigenvalue weighted by atomic mass is 9.91. The molecule has 0 aliphatic rings. The largest absolute Gasteiger partial charge is 0.756 e. The molecule has 0 aliphatic heterocycles. The minimum Gasteiger partial charge on any atom is -0.756 e. The van der Waals surface area contributed by atoms with Crippen LogP contribution in [0.4, 0.5) is 0 Å². The lowest BCUT2D eigenvalue weighted by Gasteiger charge is -2.25. The van der Waals surface area contributed by atoms with Crippen LogP contribution in [0.1, 0.15) is 97.8 Å². The molecule has 0 aromatic carbocycles. The zero-order valence-electron chi connectivity index (χ0n) is 19.0. The summed E-state index contributed by atoms with van der Waals surface area (Å²) in [5.41, 5.74) is 0. The van der Waals surface area contributed by atoms with E-state index in [1.165, 1.54) is 77.0 Å². The van der Waals surface area contributed by atoms with Crippen LogP contribution in [0, 0.1) is 5.92 Å². The van der Waals surface area contributed by atoms with Crippen molar-refractivity contribution in [1.82, 2.24) is 0 Å². The molecular weight excluding hydrogens is 361 g/mol. The van der Waals surface area contributed by atoms with Gasteiger partial charge in [0.25, 0.3) is 7.82 Å². The van der Waals surface area contributed by atoms with E-state index >= 15 is 0 Å². The molecule has 1 atom stereocenters. The normalized spacial score (nSPS) is 14.0. The highest BCUT2D eigenvalue weighted by Gasteiger charge is 2.09. The molecule has 0 bridgehead atoms. The maximum absolute atomic E-state index is 10.1. The average molecular weight is 410 g/mol. The Morgan fingerprint density at radius 3 is 1.67 bits per heavy atom. The second kappa shape index (κ2) is 18.1. The summed E-state index contributed by atoms with van der Waals surface area (Å²) in [6.45, 7) is 7.49. The minimum atomic E-state index is -4.51. The van der Waals surface area contributed by atoms with E-state index in [-0.39, 0.29) is 6.61 Å². The highest BCUT2D eigenvalue weighted by Crippen LogP contribution is 2.29. The molecule has 0 fully saturated rings. The van der Waals surface area contributed by atoms with Gasteiger partial charge >= 0.3 is 0 Å². The summed E-state index contributed by atoms with van der Waals surface area (Å²) in [7, 11) is 1.19. The summed E-state index contributed by atoms with van der Waals surface area (Å²) in [5, 5.41) is 0. The Labute approximate surface area is 169 Å². The zero-order valence-corrected chi connectivity index (χ0v) is 19.9. The Kier molecular flexibility index (Phi) is 19.6. The third-order valence-corrected chi connectivity index (χ3v) is 5.15. The molecule has 0 saturated heterocycles. The average Bonchev–Trinajstić information content (AvgIpc) is 2.53. The molecule has 6 heteroatoms. The second-order valence-electron chi connectivity index (χ2n) is 8.67. The molecule has 0 radical (unpaired) electrons. The van der Waals surface area contributed by atoms with Crippen molar-refractivity contribution < 1.29 is 23.4 Å². The van der Waals surface area contributed by atoms with Crippen molar-refractivity contribution in [2.24, 2.45) is 5.92 Å². The van der Waals surface area contributed by atoms with Crippen molar-refractivity contribution in [1.29, 1.82) is 0 Å². The fraction of sp³-hybridized carbons (Fsp3) is 1.00. The van der Waals surface area contributed by atoms with Crippen LogP contribution in [0.15, 0.2) is 0 Å². The molecule has 1 N–H and O–H groups in total. The lowest BCUT2D eigenvalue weighted by Crippen LogP contribution is -2.37. The molecule has 0 saturated carbocycles. The van der Waals surface area contributed by atoms with Gasteiger partial charge in [0.15, 0.2) is 0 Å². The van der Waals surface area contributed by atoms with Gasteiger partial charge in [-0.2, -0.15) is 0 Å². The van der Waals surface area contributed by atoms with E-state index in [1.807, 2.05) is 21.1 Å². The number of phosphoric acid groups is 1. The van der Waals surface area contributed by atoms with Crippen LogP contribution in [0.5, 0.6) is 0 Å². The molecule has 0 aromatic heterocycles. The van der Waals surface area contributed by atoms with Crippen LogP contribution in [-0.2, 0) is 9.09 Å². The van der Waals surface area contributed by atoms with Gasteiger partial charge in [0.05, 0.1) is 21.1 Å². The van der Waals surface area contributed by atoms with E-state index in [2.05, 4.69) is 25.3 Å². The maximum Gasteiger partial charge on any atom is 0.265 e. The fourth-order valence-electron chi connectivity index (χ4n) is 2.99. The van der Waals surface area contributed by atoms with Gasteiger partial charge in [0.2, 0.25) is 0 Å². The summed E-state index contributed by atoms with van der Waals surface area (Å²) in [5.74, 6) is 1.04. The standard InChI is InChI=1S/C16H34.C5H14NO4P/c1-4-7-9-11-14-16(13-6-3)15-12-10-8-5-2;1-6(2,3)4-5-10-11(7,8)9/h16H,4-15H2,1-3H3;4-5H2,1-3H3,(H-,7,8,9). The summed E-state index contributed by atoms with van der Waals surface area (Å²) in [4.78, 5) is 18.3. The molecule has 0 spiro atoms. The predicted molar refractivity (Wildman–Crippen MR) is 115 cm³/mol. The summed E-state index contributed by atoms with van der Waals surface area (Å²) in [6, 6.07) is 0. The van der Waals surface area contributed by atoms with Gasteiger partial charge in [-0.05, 0) is 5.92 Å². The van der Waals surface area contributed by atoms with Gasteiger partial charge in [-0.15, -0.1) is 0 Å². The topological polar surface area (TPSA) is 69.6 Å². The minimum absolute atomic E-state index is 0.0147. The molecule has 0 heterocycles. The third kappa shape index (κ3) is 28.4. The number of likely N-dealkylation sites (N-methyl/N-ethyl adjacent to an activating group) is 1. The number of hydrogen-bond acceptors (Lipinski definition) is 3. The van der Waals surface area contributed by atoms with Gasteiger partial charge in [-0.1, -0.05) is 97.8 Å². The molecule has 27 heavy (non-hydrogen) atoms. The van der Waals surface area contributed by atoms with Gasteiger partial charge in [0.1, 0.15) is 13.2 Å². The van der Waals surface area contributed by atoms with E-state index in [0.29, 0.717) is 11.0 Å². The number of nitrogens with zero attached hydrogens (tertiary/aromatic N) is 1. The number of unbranched alkanes of at least 4 members (excludes halogenated alkanes) is 6. The Bertz CT molecular complexity index is 341. The second-order valence-corrected chi connectivity index (χ2v) is 9.86. The quantitative estimate of drug-likeness (QED) is 0.207. The van der Waals surface area contributed by atoms with Crippen molar-refractivity contribution in [2.45, 2.75) is 97.8 Å². The molecule has 0 rings (SSSR count). The number of hydrogen-bond donors (Lipinski definition) is 1. The monoisotopic (exact) mass is 409 g/mol. The SMILES string of the molecule is CCCCCCC(CCC)CCCCCC.C[N+](C)(C)CCOP(=O)([O-])O. The van der Waals surface area contributed by atoms with E-state index in [0.717, 1.165) is 5.92 Å². The van der Waals surface area contributed by atoms with Gasteiger partial charge in [-0.25, -0.2) is 0 Å². The first-order valence-electron chi connectivity index (χ1n) is 11.0. The van der Waals surface area contributed by atoms with Crippen LogP contribution in [-0.4, -0.2) is 43.7 Å². The van der Waals surface area contributed by atoms with Crippen LogP contribution in [0.3, 0.4) is 0 Å². The van der Waals surface area contributed by atoms with Crippen molar-refractivity contribution in [3.8, 4) is 0 Å². The highest BCUT2D eigenvalue weighted by molar-refractivity contribution is 7.44. The molecule has 0 amide bonds. The van der Waals surface area contributed by atoms with Crippen LogP contribution in [0.2, 0.25) is 0 Å². The van der Waals surface area contributed by atoms with E-state index in [1.54, 1.807) is 0 Å². The van der Waals surface area contributed by atoms with Crippen LogP contribution < -0.4 is 4.89 Å². The molecule has 166 valence electrons. The number of phosphoric ester groups is 1. The molecule has 0 aliphatic carbocycles. The van der Waals surface area contributed by atoms with Crippen LogP contribution in [0.25, 0.3) is 0 Å². The predicted octanol–water partition coefficient (Wildman–Crippen LogP) is 5.51. The van der Waals surface area contributed by atoms with Gasteiger partial charge in [0, 0.05) is 0 Å². The van der Waals surface area contributed by atoms with Crippen molar-refractivity contribution in [2.75, 3.05) is 34.3 Å². The number of quaternary nitrogens is 1. The Morgan fingerprint density at radius 2 is 1.33 bits per heavy atom. The Morgan fingerprint density at radius 1 is 0.852 bits per heavy atom. The number of rotatable bonds is 16. The van der Waals surface area contributed by atoms with Crippen LogP contribution >= 0.6 is 7.82 Å². The van der Waals surface area contributed by atoms with E-state index < -0.39 is 7.82 Å². The summed E-state index contributed by atoms with van der Waals surface area (Å²) < 4.78 is 14.8. The molecular formula is C21H48NO4P. The first-order chi connectivity index (χ1) is 12.6. The Balaban J connectivity index is 0. The van der Waals surface area contributed by atoms with Gasteiger partial charge < -0.3 is 18.8 Å². The van der Waals surface area contributed by atoms with E-state index in [9.17, 15) is 9.46 Å². The highest BCUT2D eigenvalue weighted by atomic mass is 31.2. The smallest absolute Gasteiger partial charge is 0.265 e. The molecule has 5 nitrogen and oxygen atoms in total. The summed E-state index contributed by atoms with van der Waals surface area (Å²) in [6.07, 6.45) is 17.4. The molecule has 0 aromatic rings. The van der Waals surface area contributed by atoms with Crippen molar-refractivity contribution >= 4 is 7.82 Å². The molecule has 1 unspecified atom stereocenters. The van der Waals surface area contributed by atoms with Crippen molar-refractivity contribution in [3.05, 3.63) is 0 Å². The maximum atomic E-state index is 10.1. The lowest BCUT2D eigenvalue weighted by molar-refractivity contribution is -0.870. The van der Waals surface area contributed by atoms with Gasteiger partial charge in [-0.3, -0.25) is 4.57 Å². The Hall–Kier alpha value is 0.0700. The zero-order chi connectivity index (χ0) is 21.2. The van der Waals surface area contributed by atoms with Crippen molar-refractivity contribution in [3.63, 3.8) is 0 Å². The third-order valence-electron chi connectivity index (χ3n) is 4.65. The first kappa shape index (κ1) is 29.3. The first-order valence-corrected chi connectivity index (χ1v) is 12.5. The van der Waals surface area contributed by atoms with E-state index in [4.69, 9.17) is 4.89 Å².